The average molecular weight is 215 g/mol. The highest BCUT2D eigenvalue weighted by atomic mass is 16.3. The third kappa shape index (κ3) is 8.88. The first-order valence-electron chi connectivity index (χ1n) is 6.49. The molecular formula is C13H29NO. The topological polar surface area (TPSA) is 32.3 Å². The summed E-state index contributed by atoms with van der Waals surface area (Å²) >= 11 is 0. The van der Waals surface area contributed by atoms with Crippen molar-refractivity contribution in [2.45, 2.75) is 71.9 Å². The normalized spacial score (nSPS) is 15.6. The summed E-state index contributed by atoms with van der Waals surface area (Å²) in [7, 11) is 0. The van der Waals surface area contributed by atoms with Gasteiger partial charge in [-0.15, -0.1) is 0 Å². The largest absolute Gasteiger partial charge is 0.393 e. The number of hydrogen-bond donors (Lipinski definition) is 2. The molecule has 0 amide bonds. The van der Waals surface area contributed by atoms with E-state index in [2.05, 4.69) is 33.0 Å². The Morgan fingerprint density at radius 2 is 1.73 bits per heavy atom. The Morgan fingerprint density at radius 3 is 2.27 bits per heavy atom. The number of unbranched alkanes of at least 4 members (excludes halogenated alkanes) is 2. The minimum absolute atomic E-state index is 0.152. The van der Waals surface area contributed by atoms with Gasteiger partial charge in [0.1, 0.15) is 0 Å². The van der Waals surface area contributed by atoms with Crippen LogP contribution in [0.1, 0.15) is 59.8 Å². The molecule has 0 aliphatic heterocycles. The Kier molecular flexibility index (Phi) is 9.12. The lowest BCUT2D eigenvalue weighted by Crippen LogP contribution is -2.30. The quantitative estimate of drug-likeness (QED) is 0.580. The minimum atomic E-state index is -0.152. The van der Waals surface area contributed by atoms with E-state index in [0.717, 1.165) is 13.0 Å². The van der Waals surface area contributed by atoms with Gasteiger partial charge in [-0.25, -0.2) is 0 Å². The molecule has 0 radical (unpaired) electrons. The van der Waals surface area contributed by atoms with E-state index in [0.29, 0.717) is 12.0 Å². The van der Waals surface area contributed by atoms with Crippen molar-refractivity contribution in [1.29, 1.82) is 0 Å². The molecular weight excluding hydrogens is 186 g/mol. The Morgan fingerprint density at radius 1 is 1.07 bits per heavy atom. The van der Waals surface area contributed by atoms with E-state index in [-0.39, 0.29) is 6.10 Å². The van der Waals surface area contributed by atoms with Crippen molar-refractivity contribution in [3.05, 3.63) is 0 Å². The summed E-state index contributed by atoms with van der Waals surface area (Å²) < 4.78 is 0. The molecule has 0 saturated carbocycles. The predicted octanol–water partition coefficient (Wildman–Crippen LogP) is 2.95. The number of aliphatic hydroxyl groups is 1. The first-order valence-corrected chi connectivity index (χ1v) is 6.49. The lowest BCUT2D eigenvalue weighted by molar-refractivity contribution is 0.115. The molecule has 0 heterocycles. The molecule has 0 aromatic rings. The zero-order chi connectivity index (χ0) is 11.7. The molecule has 0 rings (SSSR count). The molecule has 92 valence electrons. The first-order chi connectivity index (χ1) is 7.07. The van der Waals surface area contributed by atoms with Crippen LogP contribution in [-0.2, 0) is 0 Å². The molecule has 0 aromatic heterocycles. The Labute approximate surface area is 95.5 Å². The molecule has 2 N–H and O–H groups in total. The van der Waals surface area contributed by atoms with Gasteiger partial charge in [-0.05, 0) is 32.2 Å². The maximum Gasteiger partial charge on any atom is 0.0575 e. The Balaban J connectivity index is 3.34. The van der Waals surface area contributed by atoms with E-state index >= 15 is 0 Å². The molecule has 0 bridgehead atoms. The van der Waals surface area contributed by atoms with Crippen LogP contribution in [0.4, 0.5) is 0 Å². The van der Waals surface area contributed by atoms with Crippen LogP contribution in [0.5, 0.6) is 0 Å². The van der Waals surface area contributed by atoms with Crippen LogP contribution in [-0.4, -0.2) is 23.8 Å². The van der Waals surface area contributed by atoms with E-state index in [4.69, 9.17) is 0 Å². The summed E-state index contributed by atoms with van der Waals surface area (Å²) in [5, 5.41) is 13.1. The summed E-state index contributed by atoms with van der Waals surface area (Å²) in [5.41, 5.74) is 0. The maximum absolute atomic E-state index is 9.61. The summed E-state index contributed by atoms with van der Waals surface area (Å²) in [6.45, 7) is 9.53. The lowest BCUT2D eigenvalue weighted by Gasteiger charge is -2.17. The monoisotopic (exact) mass is 215 g/mol. The third-order valence-electron chi connectivity index (χ3n) is 2.94. The zero-order valence-corrected chi connectivity index (χ0v) is 10.9. The van der Waals surface area contributed by atoms with E-state index in [9.17, 15) is 5.11 Å². The Bertz CT molecular complexity index is 136. The average Bonchev–Trinajstić information content (AvgIpc) is 2.18. The highest BCUT2D eigenvalue weighted by molar-refractivity contribution is 4.65. The molecule has 2 nitrogen and oxygen atoms in total. The molecule has 0 fully saturated rings. The highest BCUT2D eigenvalue weighted by Crippen LogP contribution is 2.06. The van der Waals surface area contributed by atoms with Crippen LogP contribution in [0.3, 0.4) is 0 Å². The van der Waals surface area contributed by atoms with Crippen molar-refractivity contribution >= 4 is 0 Å². The van der Waals surface area contributed by atoms with Crippen LogP contribution in [0.15, 0.2) is 0 Å². The molecule has 0 aromatic carbocycles. The van der Waals surface area contributed by atoms with Crippen molar-refractivity contribution in [3.8, 4) is 0 Å². The third-order valence-corrected chi connectivity index (χ3v) is 2.94. The smallest absolute Gasteiger partial charge is 0.0575 e. The van der Waals surface area contributed by atoms with Gasteiger partial charge in [-0.2, -0.15) is 0 Å². The second-order valence-electron chi connectivity index (χ2n) is 4.95. The van der Waals surface area contributed by atoms with Crippen LogP contribution in [0.25, 0.3) is 0 Å². The Hall–Kier alpha value is -0.0800. The molecule has 2 heteroatoms. The fourth-order valence-electron chi connectivity index (χ4n) is 1.61. The summed E-state index contributed by atoms with van der Waals surface area (Å²) in [4.78, 5) is 0. The van der Waals surface area contributed by atoms with Gasteiger partial charge in [-0.1, -0.05) is 40.0 Å². The van der Waals surface area contributed by atoms with Crippen molar-refractivity contribution in [1.82, 2.24) is 5.32 Å². The van der Waals surface area contributed by atoms with Gasteiger partial charge in [0.2, 0.25) is 0 Å². The van der Waals surface area contributed by atoms with E-state index in [1.807, 2.05) is 0 Å². The fraction of sp³-hybridized carbons (Fsp3) is 1.00. The number of rotatable bonds is 9. The SMILES string of the molecule is CCCCCC(C)NCCC(O)C(C)C. The van der Waals surface area contributed by atoms with Gasteiger partial charge < -0.3 is 10.4 Å². The number of aliphatic hydroxyl groups excluding tert-OH is 1. The van der Waals surface area contributed by atoms with Crippen LogP contribution < -0.4 is 5.32 Å². The molecule has 2 atom stereocenters. The second kappa shape index (κ2) is 9.17. The van der Waals surface area contributed by atoms with Gasteiger partial charge in [0.05, 0.1) is 6.10 Å². The highest BCUT2D eigenvalue weighted by Gasteiger charge is 2.09. The van der Waals surface area contributed by atoms with Gasteiger partial charge in [0.25, 0.3) is 0 Å². The van der Waals surface area contributed by atoms with Crippen molar-refractivity contribution < 1.29 is 5.11 Å². The maximum atomic E-state index is 9.61. The number of nitrogens with one attached hydrogen (secondary N) is 1. The van der Waals surface area contributed by atoms with Crippen LogP contribution in [0.2, 0.25) is 0 Å². The molecule has 0 spiro atoms. The summed E-state index contributed by atoms with van der Waals surface area (Å²) in [6.07, 6.45) is 5.92. The minimum Gasteiger partial charge on any atom is -0.393 e. The van der Waals surface area contributed by atoms with E-state index in [1.54, 1.807) is 0 Å². The molecule has 2 unspecified atom stereocenters. The first kappa shape index (κ1) is 14.9. The fourth-order valence-corrected chi connectivity index (χ4v) is 1.61. The lowest BCUT2D eigenvalue weighted by atomic mass is 10.0. The van der Waals surface area contributed by atoms with E-state index in [1.165, 1.54) is 25.7 Å². The second-order valence-corrected chi connectivity index (χ2v) is 4.95. The van der Waals surface area contributed by atoms with Crippen molar-refractivity contribution in [3.63, 3.8) is 0 Å². The van der Waals surface area contributed by atoms with Gasteiger partial charge in [-0.3, -0.25) is 0 Å². The van der Waals surface area contributed by atoms with E-state index < -0.39 is 0 Å². The molecule has 0 aliphatic rings. The standard InChI is InChI=1S/C13H29NO/c1-5-6-7-8-12(4)14-10-9-13(15)11(2)3/h11-15H,5-10H2,1-4H3. The predicted molar refractivity (Wildman–Crippen MR) is 67.1 cm³/mol. The van der Waals surface area contributed by atoms with Gasteiger partial charge in [0, 0.05) is 6.04 Å². The van der Waals surface area contributed by atoms with Crippen LogP contribution in [0, 0.1) is 5.92 Å². The van der Waals surface area contributed by atoms with Crippen LogP contribution >= 0.6 is 0 Å². The molecule has 0 saturated heterocycles. The number of hydrogen-bond acceptors (Lipinski definition) is 2. The van der Waals surface area contributed by atoms with Crippen molar-refractivity contribution in [2.75, 3.05) is 6.54 Å². The van der Waals surface area contributed by atoms with Crippen molar-refractivity contribution in [2.24, 2.45) is 5.92 Å². The zero-order valence-electron chi connectivity index (χ0n) is 10.9. The summed E-state index contributed by atoms with van der Waals surface area (Å²) in [5.74, 6) is 0.377. The summed E-state index contributed by atoms with van der Waals surface area (Å²) in [6, 6.07) is 0.593. The molecule has 0 aliphatic carbocycles. The van der Waals surface area contributed by atoms with Gasteiger partial charge in [0.15, 0.2) is 0 Å². The van der Waals surface area contributed by atoms with Gasteiger partial charge >= 0.3 is 0 Å². The molecule has 15 heavy (non-hydrogen) atoms.